The Bertz CT molecular complexity index is 543. The van der Waals surface area contributed by atoms with Crippen LogP contribution >= 0.6 is 34.3 Å². The molecule has 1 saturated heterocycles. The van der Waals surface area contributed by atoms with Crippen molar-refractivity contribution in [1.82, 2.24) is 9.80 Å². The van der Waals surface area contributed by atoms with E-state index in [2.05, 4.69) is 16.3 Å². The molecule has 1 amide bonds. The van der Waals surface area contributed by atoms with Crippen LogP contribution in [-0.4, -0.2) is 54.3 Å². The van der Waals surface area contributed by atoms with Crippen LogP contribution in [-0.2, 0) is 0 Å². The van der Waals surface area contributed by atoms with Crippen LogP contribution in [0.4, 0.5) is 0 Å². The van der Waals surface area contributed by atoms with Gasteiger partial charge in [-0.2, -0.15) is 0 Å². The Morgan fingerprint density at radius 3 is 2.74 bits per heavy atom. The molecule has 102 valence electrons. The van der Waals surface area contributed by atoms with Gasteiger partial charge in [-0.15, -0.1) is 34.3 Å². The van der Waals surface area contributed by atoms with Gasteiger partial charge in [-0.3, -0.25) is 9.69 Å². The third-order valence-electron chi connectivity index (χ3n) is 3.41. The van der Waals surface area contributed by atoms with E-state index in [-0.39, 0.29) is 5.91 Å². The summed E-state index contributed by atoms with van der Waals surface area (Å²) in [5.41, 5.74) is 0. The Balaban J connectivity index is 1.66. The average Bonchev–Trinajstić information content (AvgIpc) is 3.00. The van der Waals surface area contributed by atoms with E-state index in [1.165, 1.54) is 9.40 Å². The molecule has 0 N–H and O–H groups in total. The highest BCUT2D eigenvalue weighted by molar-refractivity contribution is 7.27. The lowest BCUT2D eigenvalue weighted by molar-refractivity contribution is 0.0649. The SMILES string of the molecule is O=C(c1cc2sccc2s1)N1CCN(CCCl)CC1. The average molecular weight is 315 g/mol. The Hall–Kier alpha value is -0.620. The zero-order chi connectivity index (χ0) is 13.2. The van der Waals surface area contributed by atoms with Crippen LogP contribution < -0.4 is 0 Å². The molecule has 0 aromatic carbocycles. The molecule has 0 bridgehead atoms. The maximum absolute atomic E-state index is 12.4. The summed E-state index contributed by atoms with van der Waals surface area (Å²) in [7, 11) is 0. The maximum Gasteiger partial charge on any atom is 0.264 e. The van der Waals surface area contributed by atoms with Gasteiger partial charge in [-0.1, -0.05) is 0 Å². The zero-order valence-corrected chi connectivity index (χ0v) is 12.9. The third-order valence-corrected chi connectivity index (χ3v) is 5.66. The highest BCUT2D eigenvalue weighted by Gasteiger charge is 2.23. The number of fused-ring (bicyclic) bond motifs is 1. The number of carbonyl (C=O) groups excluding carboxylic acids is 1. The largest absolute Gasteiger partial charge is 0.335 e. The van der Waals surface area contributed by atoms with E-state index in [4.69, 9.17) is 11.6 Å². The van der Waals surface area contributed by atoms with Crippen molar-refractivity contribution < 1.29 is 4.79 Å². The lowest BCUT2D eigenvalue weighted by Crippen LogP contribution is -2.48. The minimum absolute atomic E-state index is 0.180. The summed E-state index contributed by atoms with van der Waals surface area (Å²) < 4.78 is 2.43. The molecule has 0 radical (unpaired) electrons. The van der Waals surface area contributed by atoms with Crippen LogP contribution in [0, 0.1) is 0 Å². The van der Waals surface area contributed by atoms with E-state index in [9.17, 15) is 4.79 Å². The lowest BCUT2D eigenvalue weighted by atomic mass is 10.3. The maximum atomic E-state index is 12.4. The number of piperazine rings is 1. The molecular formula is C13H15ClN2OS2. The first-order valence-electron chi connectivity index (χ1n) is 6.32. The number of carbonyl (C=O) groups is 1. The van der Waals surface area contributed by atoms with Crippen LogP contribution in [0.15, 0.2) is 17.5 Å². The van der Waals surface area contributed by atoms with Gasteiger partial charge in [0.15, 0.2) is 0 Å². The third kappa shape index (κ3) is 2.79. The Morgan fingerprint density at radius 1 is 1.26 bits per heavy atom. The second kappa shape index (κ2) is 5.79. The molecule has 1 aliphatic rings. The summed E-state index contributed by atoms with van der Waals surface area (Å²) in [5.74, 6) is 0.841. The molecule has 0 aliphatic carbocycles. The number of thiophene rings is 2. The number of rotatable bonds is 3. The number of hydrogen-bond acceptors (Lipinski definition) is 4. The van der Waals surface area contributed by atoms with Gasteiger partial charge in [-0.05, 0) is 17.5 Å². The molecular weight excluding hydrogens is 300 g/mol. The van der Waals surface area contributed by atoms with E-state index in [0.29, 0.717) is 5.88 Å². The predicted molar refractivity (Wildman–Crippen MR) is 82.8 cm³/mol. The van der Waals surface area contributed by atoms with E-state index >= 15 is 0 Å². The summed E-state index contributed by atoms with van der Waals surface area (Å²) in [6.45, 7) is 4.39. The molecule has 3 heterocycles. The molecule has 0 unspecified atom stereocenters. The quantitative estimate of drug-likeness (QED) is 0.813. The van der Waals surface area contributed by atoms with Crippen molar-refractivity contribution in [2.24, 2.45) is 0 Å². The molecule has 3 nitrogen and oxygen atoms in total. The second-order valence-electron chi connectivity index (χ2n) is 4.58. The molecule has 0 spiro atoms. The second-order valence-corrected chi connectivity index (χ2v) is 6.99. The molecule has 1 fully saturated rings. The van der Waals surface area contributed by atoms with Crippen molar-refractivity contribution in [3.63, 3.8) is 0 Å². The van der Waals surface area contributed by atoms with Crippen LogP contribution in [0.25, 0.3) is 9.40 Å². The Kier molecular flexibility index (Phi) is 4.07. The van der Waals surface area contributed by atoms with E-state index in [0.717, 1.165) is 37.6 Å². The summed E-state index contributed by atoms with van der Waals surface area (Å²) >= 11 is 9.04. The summed E-state index contributed by atoms with van der Waals surface area (Å²) in [6.07, 6.45) is 0. The smallest absolute Gasteiger partial charge is 0.264 e. The molecule has 0 atom stereocenters. The minimum Gasteiger partial charge on any atom is -0.335 e. The van der Waals surface area contributed by atoms with Crippen molar-refractivity contribution in [3.8, 4) is 0 Å². The molecule has 2 aromatic heterocycles. The van der Waals surface area contributed by atoms with Crippen LogP contribution in [0.5, 0.6) is 0 Å². The van der Waals surface area contributed by atoms with Crippen molar-refractivity contribution in [1.29, 1.82) is 0 Å². The molecule has 6 heteroatoms. The van der Waals surface area contributed by atoms with E-state index in [1.54, 1.807) is 22.7 Å². The van der Waals surface area contributed by atoms with Crippen LogP contribution in [0.3, 0.4) is 0 Å². The Labute approximate surface area is 125 Å². The van der Waals surface area contributed by atoms with Crippen molar-refractivity contribution in [3.05, 3.63) is 22.4 Å². The first-order valence-corrected chi connectivity index (χ1v) is 8.55. The van der Waals surface area contributed by atoms with Crippen LogP contribution in [0.2, 0.25) is 0 Å². The monoisotopic (exact) mass is 314 g/mol. The van der Waals surface area contributed by atoms with Gasteiger partial charge in [0.2, 0.25) is 0 Å². The molecule has 1 aliphatic heterocycles. The fourth-order valence-corrected chi connectivity index (χ4v) is 4.64. The van der Waals surface area contributed by atoms with Crippen molar-refractivity contribution in [2.75, 3.05) is 38.6 Å². The highest BCUT2D eigenvalue weighted by atomic mass is 35.5. The van der Waals surface area contributed by atoms with Gasteiger partial charge in [0.05, 0.1) is 4.88 Å². The zero-order valence-electron chi connectivity index (χ0n) is 10.5. The first kappa shape index (κ1) is 13.4. The van der Waals surface area contributed by atoms with E-state index in [1.807, 2.05) is 11.0 Å². The first-order chi connectivity index (χ1) is 9.28. The molecule has 0 saturated carbocycles. The van der Waals surface area contributed by atoms with Gasteiger partial charge < -0.3 is 4.90 Å². The summed E-state index contributed by atoms with van der Waals surface area (Å²) in [5, 5.41) is 2.07. The number of nitrogens with zero attached hydrogens (tertiary/aromatic N) is 2. The number of amides is 1. The highest BCUT2D eigenvalue weighted by Crippen LogP contribution is 2.30. The fourth-order valence-electron chi connectivity index (χ4n) is 2.32. The fraction of sp³-hybridized carbons (Fsp3) is 0.462. The van der Waals surface area contributed by atoms with Gasteiger partial charge in [0.1, 0.15) is 0 Å². The standard InChI is InChI=1S/C13H15ClN2OS2/c14-2-3-15-4-6-16(7-5-15)13(17)12-9-11-10(19-12)1-8-18-11/h1,8-9H,2-7H2. The molecule has 2 aromatic rings. The lowest BCUT2D eigenvalue weighted by Gasteiger charge is -2.34. The summed E-state index contributed by atoms with van der Waals surface area (Å²) in [6, 6.07) is 4.11. The normalized spacial score (nSPS) is 17.2. The Morgan fingerprint density at radius 2 is 2.05 bits per heavy atom. The van der Waals surface area contributed by atoms with Gasteiger partial charge in [0.25, 0.3) is 5.91 Å². The molecule has 19 heavy (non-hydrogen) atoms. The van der Waals surface area contributed by atoms with Gasteiger partial charge in [0, 0.05) is 48.0 Å². The van der Waals surface area contributed by atoms with E-state index < -0.39 is 0 Å². The van der Waals surface area contributed by atoms with Gasteiger partial charge in [-0.25, -0.2) is 0 Å². The van der Waals surface area contributed by atoms with Crippen LogP contribution in [0.1, 0.15) is 9.67 Å². The summed E-state index contributed by atoms with van der Waals surface area (Å²) in [4.78, 5) is 17.6. The minimum atomic E-state index is 0.180. The van der Waals surface area contributed by atoms with Crippen molar-refractivity contribution in [2.45, 2.75) is 0 Å². The van der Waals surface area contributed by atoms with Crippen molar-refractivity contribution >= 4 is 49.6 Å². The molecule has 3 rings (SSSR count). The number of alkyl halides is 1. The van der Waals surface area contributed by atoms with Gasteiger partial charge >= 0.3 is 0 Å². The number of halogens is 1. The predicted octanol–water partition coefficient (Wildman–Crippen LogP) is 2.96. The topological polar surface area (TPSA) is 23.6 Å². The number of hydrogen-bond donors (Lipinski definition) is 0.